The first-order valence-corrected chi connectivity index (χ1v) is 9.66. The zero-order valence-electron chi connectivity index (χ0n) is 16.4. The lowest BCUT2D eigenvalue weighted by atomic mass is 10.3. The van der Waals surface area contributed by atoms with Gasteiger partial charge in [-0.15, -0.1) is 35.3 Å². The van der Waals surface area contributed by atoms with E-state index in [0.29, 0.717) is 13.2 Å². The molecule has 0 aliphatic rings. The molecular weight excluding hydrogens is 475 g/mol. The van der Waals surface area contributed by atoms with Crippen molar-refractivity contribution in [3.05, 3.63) is 39.8 Å². The van der Waals surface area contributed by atoms with Crippen molar-refractivity contribution in [3.8, 4) is 11.5 Å². The van der Waals surface area contributed by atoms with Crippen LogP contribution in [-0.2, 0) is 6.54 Å². The van der Waals surface area contributed by atoms with Crippen molar-refractivity contribution in [1.82, 2.24) is 15.6 Å². The highest BCUT2D eigenvalue weighted by Gasteiger charge is 2.04. The summed E-state index contributed by atoms with van der Waals surface area (Å²) in [4.78, 5) is 10.4. The zero-order chi connectivity index (χ0) is 18.8. The molecule has 0 atom stereocenters. The normalized spacial score (nSPS) is 10.9. The van der Waals surface area contributed by atoms with Crippen molar-refractivity contribution in [2.75, 3.05) is 26.8 Å². The SMILES string of the molecule is CCNC(=NCc1nc(C)c(C)s1)NCCCOc1cccc(OC)c1.I. The minimum Gasteiger partial charge on any atom is -0.497 e. The van der Waals surface area contributed by atoms with Crippen LogP contribution in [0.1, 0.15) is 28.9 Å². The number of guanidine groups is 1. The smallest absolute Gasteiger partial charge is 0.191 e. The number of benzene rings is 1. The molecule has 150 valence electrons. The van der Waals surface area contributed by atoms with E-state index in [1.165, 1.54) is 4.88 Å². The predicted molar refractivity (Wildman–Crippen MR) is 123 cm³/mol. The number of nitrogens with zero attached hydrogens (tertiary/aromatic N) is 2. The van der Waals surface area contributed by atoms with Gasteiger partial charge in [-0.1, -0.05) is 6.07 Å². The molecule has 1 aromatic heterocycles. The summed E-state index contributed by atoms with van der Waals surface area (Å²) in [5.41, 5.74) is 1.09. The number of ether oxygens (including phenoxy) is 2. The van der Waals surface area contributed by atoms with Gasteiger partial charge in [-0.3, -0.25) is 0 Å². The molecule has 0 saturated heterocycles. The van der Waals surface area contributed by atoms with Gasteiger partial charge < -0.3 is 20.1 Å². The van der Waals surface area contributed by atoms with Crippen LogP contribution in [0.4, 0.5) is 0 Å². The molecule has 0 fully saturated rings. The van der Waals surface area contributed by atoms with Crippen molar-refractivity contribution in [2.24, 2.45) is 4.99 Å². The van der Waals surface area contributed by atoms with Crippen LogP contribution >= 0.6 is 35.3 Å². The van der Waals surface area contributed by atoms with Crippen LogP contribution in [-0.4, -0.2) is 37.7 Å². The molecule has 0 aliphatic carbocycles. The summed E-state index contributed by atoms with van der Waals surface area (Å²) in [5.74, 6) is 2.42. The summed E-state index contributed by atoms with van der Waals surface area (Å²) < 4.78 is 10.9. The fraction of sp³-hybridized carbons (Fsp3) is 0.474. The number of aromatic nitrogens is 1. The van der Waals surface area contributed by atoms with E-state index in [-0.39, 0.29) is 24.0 Å². The Labute approximate surface area is 182 Å². The standard InChI is InChI=1S/C19H28N4O2S.HI/c1-5-20-19(22-13-18-23-14(2)15(3)26-18)21-10-7-11-25-17-9-6-8-16(12-17)24-4;/h6,8-9,12H,5,7,10-11,13H2,1-4H3,(H2,20,21,22);1H. The summed E-state index contributed by atoms with van der Waals surface area (Å²) in [6, 6.07) is 7.64. The first-order chi connectivity index (χ1) is 12.6. The zero-order valence-corrected chi connectivity index (χ0v) is 19.5. The number of hydrogen-bond donors (Lipinski definition) is 2. The number of hydrogen-bond acceptors (Lipinski definition) is 5. The van der Waals surface area contributed by atoms with Gasteiger partial charge in [0.2, 0.25) is 0 Å². The van der Waals surface area contributed by atoms with Crippen LogP contribution in [0.2, 0.25) is 0 Å². The second-order valence-corrected chi connectivity index (χ2v) is 7.04. The number of aryl methyl sites for hydroxylation is 2. The van der Waals surface area contributed by atoms with E-state index >= 15 is 0 Å². The minimum atomic E-state index is 0. The maximum Gasteiger partial charge on any atom is 0.191 e. The quantitative estimate of drug-likeness (QED) is 0.235. The van der Waals surface area contributed by atoms with Crippen molar-refractivity contribution < 1.29 is 9.47 Å². The third-order valence-corrected chi connectivity index (χ3v) is 4.77. The number of nitrogens with one attached hydrogen (secondary N) is 2. The Morgan fingerprint density at radius 3 is 2.67 bits per heavy atom. The molecule has 0 amide bonds. The monoisotopic (exact) mass is 504 g/mol. The average molecular weight is 504 g/mol. The molecule has 0 unspecified atom stereocenters. The molecule has 1 heterocycles. The Balaban J connectivity index is 0.00000364. The van der Waals surface area contributed by atoms with Gasteiger partial charge >= 0.3 is 0 Å². The highest BCUT2D eigenvalue weighted by Crippen LogP contribution is 2.19. The van der Waals surface area contributed by atoms with Gasteiger partial charge in [0.25, 0.3) is 0 Å². The molecule has 1 aromatic carbocycles. The van der Waals surface area contributed by atoms with Gasteiger partial charge in [0.15, 0.2) is 5.96 Å². The second kappa shape index (κ2) is 12.8. The van der Waals surface area contributed by atoms with Crippen molar-refractivity contribution in [1.29, 1.82) is 0 Å². The topological polar surface area (TPSA) is 67.8 Å². The van der Waals surface area contributed by atoms with Crippen LogP contribution in [0.5, 0.6) is 11.5 Å². The summed E-state index contributed by atoms with van der Waals surface area (Å²) >= 11 is 1.70. The number of methoxy groups -OCH3 is 1. The predicted octanol–water partition coefficient (Wildman–Crippen LogP) is 3.91. The maximum absolute atomic E-state index is 5.75. The second-order valence-electron chi connectivity index (χ2n) is 5.75. The molecule has 2 N–H and O–H groups in total. The Morgan fingerprint density at radius 2 is 2.00 bits per heavy atom. The third kappa shape index (κ3) is 8.34. The average Bonchev–Trinajstić information content (AvgIpc) is 2.97. The molecule has 0 aliphatic heterocycles. The van der Waals surface area contributed by atoms with Gasteiger partial charge in [-0.05, 0) is 39.3 Å². The Hall–Kier alpha value is -1.55. The van der Waals surface area contributed by atoms with E-state index < -0.39 is 0 Å². The molecule has 0 saturated carbocycles. The summed E-state index contributed by atoms with van der Waals surface area (Å²) in [6.07, 6.45) is 0.872. The molecule has 8 heteroatoms. The lowest BCUT2D eigenvalue weighted by Crippen LogP contribution is -2.38. The Kier molecular flexibility index (Phi) is 11.1. The van der Waals surface area contributed by atoms with Crippen LogP contribution in [0, 0.1) is 13.8 Å². The maximum atomic E-state index is 5.75. The van der Waals surface area contributed by atoms with Crippen LogP contribution in [0.15, 0.2) is 29.3 Å². The van der Waals surface area contributed by atoms with Gasteiger partial charge in [-0.2, -0.15) is 0 Å². The fourth-order valence-electron chi connectivity index (χ4n) is 2.26. The molecule has 0 radical (unpaired) electrons. The van der Waals surface area contributed by atoms with Crippen molar-refractivity contribution >= 4 is 41.3 Å². The van der Waals surface area contributed by atoms with Crippen LogP contribution in [0.3, 0.4) is 0 Å². The largest absolute Gasteiger partial charge is 0.497 e. The Bertz CT molecular complexity index is 702. The van der Waals surface area contributed by atoms with Crippen molar-refractivity contribution in [2.45, 2.75) is 33.7 Å². The van der Waals surface area contributed by atoms with E-state index in [9.17, 15) is 0 Å². The molecule has 0 bridgehead atoms. The van der Waals surface area contributed by atoms with E-state index in [1.807, 2.05) is 31.2 Å². The molecule has 27 heavy (non-hydrogen) atoms. The van der Waals surface area contributed by atoms with Gasteiger partial charge in [0.1, 0.15) is 16.5 Å². The van der Waals surface area contributed by atoms with E-state index in [2.05, 4.69) is 34.5 Å². The summed E-state index contributed by atoms with van der Waals surface area (Å²) in [5, 5.41) is 7.63. The first kappa shape index (κ1) is 23.5. The molecule has 6 nitrogen and oxygen atoms in total. The molecular formula is C19H29IN4O2S. The molecule has 2 rings (SSSR count). The molecule has 2 aromatic rings. The van der Waals surface area contributed by atoms with E-state index in [4.69, 9.17) is 9.47 Å². The molecule has 0 spiro atoms. The number of halogens is 1. The number of thiazole rings is 1. The summed E-state index contributed by atoms with van der Waals surface area (Å²) in [7, 11) is 1.65. The highest BCUT2D eigenvalue weighted by atomic mass is 127. The Morgan fingerprint density at radius 1 is 1.22 bits per heavy atom. The number of aliphatic imine (C=N–C) groups is 1. The van der Waals surface area contributed by atoms with E-state index in [0.717, 1.165) is 47.7 Å². The fourth-order valence-corrected chi connectivity index (χ4v) is 3.11. The lowest BCUT2D eigenvalue weighted by molar-refractivity contribution is 0.308. The van der Waals surface area contributed by atoms with Crippen molar-refractivity contribution in [3.63, 3.8) is 0 Å². The minimum absolute atomic E-state index is 0. The van der Waals surface area contributed by atoms with Gasteiger partial charge in [0.05, 0.1) is 26.0 Å². The van der Waals surface area contributed by atoms with Gasteiger partial charge in [-0.25, -0.2) is 9.98 Å². The van der Waals surface area contributed by atoms with E-state index in [1.54, 1.807) is 18.4 Å². The number of rotatable bonds is 9. The van der Waals surface area contributed by atoms with Crippen LogP contribution < -0.4 is 20.1 Å². The first-order valence-electron chi connectivity index (χ1n) is 8.84. The van der Waals surface area contributed by atoms with Gasteiger partial charge in [0, 0.05) is 24.0 Å². The third-order valence-electron chi connectivity index (χ3n) is 3.71. The highest BCUT2D eigenvalue weighted by molar-refractivity contribution is 14.0. The summed E-state index contributed by atoms with van der Waals surface area (Å²) in [6.45, 7) is 9.00. The lowest BCUT2D eigenvalue weighted by Gasteiger charge is -2.11. The van der Waals surface area contributed by atoms with Crippen LogP contribution in [0.25, 0.3) is 0 Å².